The largest absolute Gasteiger partial charge is 0.383 e. The van der Waals surface area contributed by atoms with Crippen molar-refractivity contribution in [1.82, 2.24) is 4.57 Å². The molecule has 0 aliphatic carbocycles. The van der Waals surface area contributed by atoms with E-state index in [1.54, 1.807) is 29.9 Å². The van der Waals surface area contributed by atoms with E-state index in [0.29, 0.717) is 29.0 Å². The number of rotatable bonds is 4. The van der Waals surface area contributed by atoms with Crippen LogP contribution in [0.25, 0.3) is 10.2 Å². The summed E-state index contributed by atoms with van der Waals surface area (Å²) in [5, 5.41) is 0. The normalized spacial score (nSPS) is 12.0. The molecule has 0 aliphatic rings. The first-order valence-electron chi connectivity index (χ1n) is 7.52. The second-order valence-corrected chi connectivity index (χ2v) is 6.41. The van der Waals surface area contributed by atoms with Gasteiger partial charge in [0.15, 0.2) is 4.80 Å². The van der Waals surface area contributed by atoms with Gasteiger partial charge in [0, 0.05) is 19.2 Å². The Labute approximate surface area is 142 Å². The van der Waals surface area contributed by atoms with Crippen LogP contribution < -0.4 is 4.80 Å². The van der Waals surface area contributed by atoms with E-state index in [0.717, 1.165) is 10.3 Å². The zero-order valence-corrected chi connectivity index (χ0v) is 14.3. The summed E-state index contributed by atoms with van der Waals surface area (Å²) in [4.78, 5) is 17.1. The Morgan fingerprint density at radius 1 is 1.25 bits per heavy atom. The molecule has 0 aliphatic heterocycles. The lowest BCUT2D eigenvalue weighted by atomic mass is 10.1. The predicted octanol–water partition coefficient (Wildman–Crippen LogP) is 3.54. The standard InChI is InChI=1S/C18H17FN2O2S/c1-12-6-8-13(9-7-12)17(22)20-18-21(10-11-23-2)16-14(19)4-3-5-15(16)24-18/h3-9H,10-11H2,1-2H3. The molecule has 0 spiro atoms. The molecule has 4 nitrogen and oxygen atoms in total. The minimum absolute atomic E-state index is 0.330. The molecule has 1 aromatic heterocycles. The number of methoxy groups -OCH3 is 1. The maximum atomic E-state index is 14.2. The minimum Gasteiger partial charge on any atom is -0.383 e. The van der Waals surface area contributed by atoms with Crippen molar-refractivity contribution in [2.75, 3.05) is 13.7 Å². The van der Waals surface area contributed by atoms with Crippen LogP contribution in [0.1, 0.15) is 15.9 Å². The van der Waals surface area contributed by atoms with Crippen molar-refractivity contribution >= 4 is 27.5 Å². The molecule has 0 bridgehead atoms. The van der Waals surface area contributed by atoms with Gasteiger partial charge in [-0.2, -0.15) is 4.99 Å². The van der Waals surface area contributed by atoms with Gasteiger partial charge in [0.2, 0.25) is 0 Å². The van der Waals surface area contributed by atoms with Gasteiger partial charge in [0.05, 0.1) is 16.8 Å². The minimum atomic E-state index is -0.340. The highest BCUT2D eigenvalue weighted by Crippen LogP contribution is 2.20. The molecule has 1 amide bonds. The number of carbonyl (C=O) groups is 1. The van der Waals surface area contributed by atoms with Gasteiger partial charge >= 0.3 is 0 Å². The third-order valence-electron chi connectivity index (χ3n) is 3.67. The highest BCUT2D eigenvalue weighted by Gasteiger charge is 2.12. The van der Waals surface area contributed by atoms with Crippen molar-refractivity contribution in [3.05, 3.63) is 64.2 Å². The van der Waals surface area contributed by atoms with E-state index in [-0.39, 0.29) is 11.7 Å². The summed E-state index contributed by atoms with van der Waals surface area (Å²) in [6.45, 7) is 2.79. The van der Waals surface area contributed by atoms with Crippen molar-refractivity contribution in [3.8, 4) is 0 Å². The zero-order valence-electron chi connectivity index (χ0n) is 13.5. The lowest BCUT2D eigenvalue weighted by Gasteiger charge is -2.04. The Morgan fingerprint density at radius 3 is 2.71 bits per heavy atom. The van der Waals surface area contributed by atoms with Gasteiger partial charge < -0.3 is 9.30 Å². The zero-order chi connectivity index (χ0) is 17.1. The van der Waals surface area contributed by atoms with E-state index in [4.69, 9.17) is 4.74 Å². The van der Waals surface area contributed by atoms with E-state index < -0.39 is 0 Å². The summed E-state index contributed by atoms with van der Waals surface area (Å²) in [5.74, 6) is -0.669. The van der Waals surface area contributed by atoms with Crippen LogP contribution in [-0.2, 0) is 11.3 Å². The van der Waals surface area contributed by atoms with E-state index in [9.17, 15) is 9.18 Å². The van der Waals surface area contributed by atoms with Crippen LogP contribution in [0.2, 0.25) is 0 Å². The molecule has 0 atom stereocenters. The van der Waals surface area contributed by atoms with Gasteiger partial charge in [0.1, 0.15) is 5.82 Å². The van der Waals surface area contributed by atoms with Crippen molar-refractivity contribution in [2.45, 2.75) is 13.5 Å². The molecule has 3 rings (SSSR count). The summed E-state index contributed by atoms with van der Waals surface area (Å²) in [7, 11) is 1.58. The van der Waals surface area contributed by atoms with Crippen LogP contribution in [0.5, 0.6) is 0 Å². The molecule has 0 saturated heterocycles. The molecule has 0 fully saturated rings. The number of aryl methyl sites for hydroxylation is 1. The number of hydrogen-bond donors (Lipinski definition) is 0. The molecule has 124 valence electrons. The van der Waals surface area contributed by atoms with E-state index in [1.807, 2.05) is 25.1 Å². The number of fused-ring (bicyclic) bond motifs is 1. The van der Waals surface area contributed by atoms with Gasteiger partial charge in [-0.15, -0.1) is 0 Å². The van der Waals surface area contributed by atoms with E-state index in [2.05, 4.69) is 4.99 Å². The number of hydrogen-bond acceptors (Lipinski definition) is 3. The highest BCUT2D eigenvalue weighted by molar-refractivity contribution is 7.16. The first-order chi connectivity index (χ1) is 11.6. The maximum absolute atomic E-state index is 14.2. The number of ether oxygens (including phenoxy) is 1. The SMILES string of the molecule is COCCn1c(=NC(=O)c2ccc(C)cc2)sc2cccc(F)c21. The van der Waals surface area contributed by atoms with Gasteiger partial charge in [-0.3, -0.25) is 4.79 Å². The van der Waals surface area contributed by atoms with Crippen molar-refractivity contribution in [2.24, 2.45) is 4.99 Å². The van der Waals surface area contributed by atoms with Crippen molar-refractivity contribution < 1.29 is 13.9 Å². The molecule has 24 heavy (non-hydrogen) atoms. The molecule has 2 aromatic carbocycles. The second kappa shape index (κ2) is 7.07. The average Bonchev–Trinajstić information content (AvgIpc) is 2.92. The number of amides is 1. The number of halogens is 1. The highest BCUT2D eigenvalue weighted by atomic mass is 32.1. The maximum Gasteiger partial charge on any atom is 0.279 e. The molecule has 6 heteroatoms. The average molecular weight is 344 g/mol. The number of benzene rings is 2. The van der Waals surface area contributed by atoms with E-state index >= 15 is 0 Å². The van der Waals surface area contributed by atoms with Gasteiger partial charge in [-0.1, -0.05) is 35.1 Å². The lowest BCUT2D eigenvalue weighted by molar-refractivity contribution is 0.0997. The molecule has 0 N–H and O–H groups in total. The molecular weight excluding hydrogens is 327 g/mol. The predicted molar refractivity (Wildman–Crippen MR) is 92.7 cm³/mol. The Kier molecular flexibility index (Phi) is 4.87. The smallest absolute Gasteiger partial charge is 0.279 e. The molecule has 0 radical (unpaired) electrons. The number of nitrogens with zero attached hydrogens (tertiary/aromatic N) is 2. The van der Waals surface area contributed by atoms with Gasteiger partial charge in [-0.05, 0) is 31.2 Å². The fourth-order valence-electron chi connectivity index (χ4n) is 2.41. The van der Waals surface area contributed by atoms with E-state index in [1.165, 1.54) is 17.4 Å². The Bertz CT molecular complexity index is 942. The van der Waals surface area contributed by atoms with Crippen LogP contribution >= 0.6 is 11.3 Å². The first-order valence-corrected chi connectivity index (χ1v) is 8.34. The van der Waals surface area contributed by atoms with Crippen LogP contribution in [-0.4, -0.2) is 24.2 Å². The Morgan fingerprint density at radius 2 is 2.00 bits per heavy atom. The molecule has 0 unspecified atom stereocenters. The summed E-state index contributed by atoms with van der Waals surface area (Å²) in [6, 6.07) is 12.1. The van der Waals surface area contributed by atoms with Crippen LogP contribution in [0.3, 0.4) is 0 Å². The number of para-hydroxylation sites is 1. The van der Waals surface area contributed by atoms with Gasteiger partial charge in [0.25, 0.3) is 5.91 Å². The second-order valence-electron chi connectivity index (χ2n) is 5.40. The molecule has 0 saturated carbocycles. The number of carbonyl (C=O) groups excluding carboxylic acids is 1. The van der Waals surface area contributed by atoms with Crippen molar-refractivity contribution in [3.63, 3.8) is 0 Å². The lowest BCUT2D eigenvalue weighted by Crippen LogP contribution is -2.19. The Balaban J connectivity index is 2.12. The van der Waals surface area contributed by atoms with Crippen LogP contribution in [0.4, 0.5) is 4.39 Å². The quantitative estimate of drug-likeness (QED) is 0.727. The topological polar surface area (TPSA) is 43.6 Å². The molecule has 1 heterocycles. The molecular formula is C18H17FN2O2S. The third-order valence-corrected chi connectivity index (χ3v) is 4.71. The third kappa shape index (κ3) is 3.29. The summed E-state index contributed by atoms with van der Waals surface area (Å²) in [6.07, 6.45) is 0. The van der Waals surface area contributed by atoms with Gasteiger partial charge in [-0.25, -0.2) is 4.39 Å². The van der Waals surface area contributed by atoms with Crippen molar-refractivity contribution in [1.29, 1.82) is 0 Å². The fraction of sp³-hybridized carbons (Fsp3) is 0.222. The summed E-state index contributed by atoms with van der Waals surface area (Å²) >= 11 is 1.29. The Hall–Kier alpha value is -2.31. The first kappa shape index (κ1) is 16.5. The summed E-state index contributed by atoms with van der Waals surface area (Å²) < 4.78 is 21.8. The monoisotopic (exact) mass is 344 g/mol. The fourth-order valence-corrected chi connectivity index (χ4v) is 3.48. The van der Waals surface area contributed by atoms with Crippen LogP contribution in [0, 0.1) is 12.7 Å². The number of thiazole rings is 1. The van der Waals surface area contributed by atoms with Crippen LogP contribution in [0.15, 0.2) is 47.5 Å². The summed E-state index contributed by atoms with van der Waals surface area (Å²) in [5.41, 5.74) is 2.04. The molecule has 3 aromatic rings. The number of aromatic nitrogens is 1.